The first-order chi connectivity index (χ1) is 11.4. The molecule has 0 spiro atoms. The van der Waals surface area contributed by atoms with Crippen molar-refractivity contribution < 1.29 is 22.7 Å². The zero-order valence-electron chi connectivity index (χ0n) is 12.6. The van der Waals surface area contributed by atoms with Crippen molar-refractivity contribution in [3.8, 4) is 5.75 Å². The lowest BCUT2D eigenvalue weighted by atomic mass is 10.1. The lowest BCUT2D eigenvalue weighted by molar-refractivity contribution is -0.0504. The van der Waals surface area contributed by atoms with Gasteiger partial charge in [-0.05, 0) is 34.1 Å². The standard InChI is InChI=1S/C16H14BrF3N2O2/c1-21-15(23)10-6-7-11(17)13(18)14(10)22-8-9-4-2-3-5-12(9)24-16(19)20/h2-7,16,22H,8H2,1H3,(H,21,23). The second-order valence-electron chi connectivity index (χ2n) is 4.70. The topological polar surface area (TPSA) is 50.4 Å². The van der Waals surface area contributed by atoms with Crippen LogP contribution in [0.1, 0.15) is 15.9 Å². The molecule has 0 radical (unpaired) electrons. The van der Waals surface area contributed by atoms with Gasteiger partial charge in [-0.25, -0.2) is 4.39 Å². The monoisotopic (exact) mass is 402 g/mol. The number of anilines is 1. The van der Waals surface area contributed by atoms with E-state index in [1.807, 2.05) is 0 Å². The minimum absolute atomic E-state index is 0.000259. The van der Waals surface area contributed by atoms with E-state index in [0.29, 0.717) is 5.56 Å². The summed E-state index contributed by atoms with van der Waals surface area (Å²) in [4.78, 5) is 11.9. The maximum Gasteiger partial charge on any atom is 0.387 e. The Hall–Kier alpha value is -2.22. The zero-order valence-corrected chi connectivity index (χ0v) is 14.2. The molecule has 2 N–H and O–H groups in total. The number of ether oxygens (including phenoxy) is 1. The third-order valence-corrected chi connectivity index (χ3v) is 3.82. The highest BCUT2D eigenvalue weighted by atomic mass is 79.9. The largest absolute Gasteiger partial charge is 0.434 e. The van der Waals surface area contributed by atoms with Crippen LogP contribution in [0.15, 0.2) is 40.9 Å². The average Bonchev–Trinajstić information content (AvgIpc) is 2.56. The number of hydrogen-bond acceptors (Lipinski definition) is 3. The summed E-state index contributed by atoms with van der Waals surface area (Å²) in [6.07, 6.45) is 0. The van der Waals surface area contributed by atoms with Gasteiger partial charge in [-0.2, -0.15) is 8.78 Å². The molecule has 8 heteroatoms. The molecule has 0 aliphatic heterocycles. The van der Waals surface area contributed by atoms with Gasteiger partial charge in [0.1, 0.15) is 5.75 Å². The van der Waals surface area contributed by atoms with E-state index in [1.165, 1.54) is 25.2 Å². The number of para-hydroxylation sites is 1. The van der Waals surface area contributed by atoms with E-state index < -0.39 is 18.3 Å². The molecule has 0 fully saturated rings. The summed E-state index contributed by atoms with van der Waals surface area (Å²) in [5, 5.41) is 5.20. The molecule has 0 saturated carbocycles. The molecule has 2 rings (SSSR count). The summed E-state index contributed by atoms with van der Waals surface area (Å²) in [5.74, 6) is -1.14. The van der Waals surface area contributed by atoms with Gasteiger partial charge in [-0.15, -0.1) is 0 Å². The molecule has 24 heavy (non-hydrogen) atoms. The van der Waals surface area contributed by atoms with E-state index in [2.05, 4.69) is 31.3 Å². The minimum atomic E-state index is -2.96. The Morgan fingerprint density at radius 2 is 1.96 bits per heavy atom. The molecule has 0 saturated heterocycles. The fraction of sp³-hybridized carbons (Fsp3) is 0.188. The third-order valence-electron chi connectivity index (χ3n) is 3.21. The van der Waals surface area contributed by atoms with E-state index in [-0.39, 0.29) is 28.0 Å². The number of halogens is 4. The molecule has 4 nitrogen and oxygen atoms in total. The van der Waals surface area contributed by atoms with Crippen LogP contribution >= 0.6 is 15.9 Å². The number of benzene rings is 2. The van der Waals surface area contributed by atoms with Crippen molar-refractivity contribution in [1.29, 1.82) is 0 Å². The van der Waals surface area contributed by atoms with Gasteiger partial charge in [0, 0.05) is 19.2 Å². The fourth-order valence-electron chi connectivity index (χ4n) is 2.09. The van der Waals surface area contributed by atoms with Gasteiger partial charge < -0.3 is 15.4 Å². The molecular formula is C16H14BrF3N2O2. The highest BCUT2D eigenvalue weighted by Gasteiger charge is 2.17. The van der Waals surface area contributed by atoms with Crippen LogP contribution in [0.5, 0.6) is 5.75 Å². The van der Waals surface area contributed by atoms with Crippen molar-refractivity contribution in [2.45, 2.75) is 13.2 Å². The van der Waals surface area contributed by atoms with Crippen LogP contribution in [-0.4, -0.2) is 19.6 Å². The van der Waals surface area contributed by atoms with Crippen molar-refractivity contribution in [3.05, 3.63) is 57.8 Å². The van der Waals surface area contributed by atoms with Crippen LogP contribution in [0.4, 0.5) is 18.9 Å². The van der Waals surface area contributed by atoms with Crippen LogP contribution in [-0.2, 0) is 6.54 Å². The van der Waals surface area contributed by atoms with Crippen molar-refractivity contribution in [2.24, 2.45) is 0 Å². The summed E-state index contributed by atoms with van der Waals surface area (Å²) in [7, 11) is 1.43. The third kappa shape index (κ3) is 4.19. The van der Waals surface area contributed by atoms with Gasteiger partial charge in [0.05, 0.1) is 15.7 Å². The summed E-state index contributed by atoms with van der Waals surface area (Å²) in [6, 6.07) is 9.03. The van der Waals surface area contributed by atoms with Gasteiger partial charge in [-0.3, -0.25) is 4.79 Å². The van der Waals surface area contributed by atoms with Gasteiger partial charge in [0.15, 0.2) is 5.82 Å². The fourth-order valence-corrected chi connectivity index (χ4v) is 2.42. The normalized spacial score (nSPS) is 10.6. The zero-order chi connectivity index (χ0) is 17.7. The summed E-state index contributed by atoms with van der Waals surface area (Å²) in [5.41, 5.74) is 0.473. The first kappa shape index (κ1) is 18.1. The van der Waals surface area contributed by atoms with Crippen LogP contribution in [0, 0.1) is 5.82 Å². The Balaban J connectivity index is 2.30. The van der Waals surface area contributed by atoms with E-state index in [9.17, 15) is 18.0 Å². The van der Waals surface area contributed by atoms with Crippen molar-refractivity contribution in [1.82, 2.24) is 5.32 Å². The molecule has 2 aromatic rings. The maximum atomic E-state index is 14.3. The molecule has 1 amide bonds. The Bertz CT molecular complexity index is 741. The SMILES string of the molecule is CNC(=O)c1ccc(Br)c(F)c1NCc1ccccc1OC(F)F. The van der Waals surface area contributed by atoms with E-state index in [0.717, 1.165) is 0 Å². The van der Waals surface area contributed by atoms with E-state index in [1.54, 1.807) is 18.2 Å². The van der Waals surface area contributed by atoms with Gasteiger partial charge in [0.2, 0.25) is 0 Å². The molecular weight excluding hydrogens is 389 g/mol. The van der Waals surface area contributed by atoms with Crippen molar-refractivity contribution >= 4 is 27.5 Å². The minimum Gasteiger partial charge on any atom is -0.434 e. The van der Waals surface area contributed by atoms with E-state index in [4.69, 9.17) is 0 Å². The number of hydrogen-bond donors (Lipinski definition) is 2. The molecule has 128 valence electrons. The maximum absolute atomic E-state index is 14.3. The highest BCUT2D eigenvalue weighted by molar-refractivity contribution is 9.10. The summed E-state index contributed by atoms with van der Waals surface area (Å²) >= 11 is 3.05. The number of amides is 1. The summed E-state index contributed by atoms with van der Waals surface area (Å²) in [6.45, 7) is -2.96. The number of carbonyl (C=O) groups is 1. The van der Waals surface area contributed by atoms with Crippen LogP contribution < -0.4 is 15.4 Å². The van der Waals surface area contributed by atoms with Gasteiger partial charge in [0.25, 0.3) is 5.91 Å². The lowest BCUT2D eigenvalue weighted by Gasteiger charge is -2.15. The number of nitrogens with one attached hydrogen (secondary N) is 2. The van der Waals surface area contributed by atoms with Gasteiger partial charge in [-0.1, -0.05) is 18.2 Å². The predicted octanol–water partition coefficient (Wildman–Crippen LogP) is 4.16. The quantitative estimate of drug-likeness (QED) is 0.762. The molecule has 2 aromatic carbocycles. The first-order valence-corrected chi connectivity index (χ1v) is 7.70. The number of rotatable bonds is 6. The Labute approximate surface area is 145 Å². The van der Waals surface area contributed by atoms with Crippen molar-refractivity contribution in [3.63, 3.8) is 0 Å². The van der Waals surface area contributed by atoms with E-state index >= 15 is 0 Å². The number of carbonyl (C=O) groups excluding carboxylic acids is 1. The van der Waals surface area contributed by atoms with Crippen LogP contribution in [0.2, 0.25) is 0 Å². The Morgan fingerprint density at radius 1 is 1.25 bits per heavy atom. The molecule has 0 aliphatic carbocycles. The molecule has 0 unspecified atom stereocenters. The highest BCUT2D eigenvalue weighted by Crippen LogP contribution is 2.29. The summed E-state index contributed by atoms with van der Waals surface area (Å²) < 4.78 is 43.8. The second-order valence-corrected chi connectivity index (χ2v) is 5.56. The Morgan fingerprint density at radius 3 is 2.62 bits per heavy atom. The number of alkyl halides is 2. The molecule has 0 aromatic heterocycles. The van der Waals surface area contributed by atoms with Crippen molar-refractivity contribution in [2.75, 3.05) is 12.4 Å². The molecule has 0 aliphatic rings. The molecule has 0 heterocycles. The smallest absolute Gasteiger partial charge is 0.387 e. The second kappa shape index (κ2) is 8.05. The average molecular weight is 403 g/mol. The first-order valence-electron chi connectivity index (χ1n) is 6.90. The molecule has 0 bridgehead atoms. The lowest BCUT2D eigenvalue weighted by Crippen LogP contribution is -2.20. The Kier molecular flexibility index (Phi) is 6.08. The van der Waals surface area contributed by atoms with Crippen LogP contribution in [0.25, 0.3) is 0 Å². The predicted molar refractivity (Wildman–Crippen MR) is 87.9 cm³/mol. The van der Waals surface area contributed by atoms with Crippen LogP contribution in [0.3, 0.4) is 0 Å². The van der Waals surface area contributed by atoms with Gasteiger partial charge >= 0.3 is 6.61 Å². The molecule has 0 atom stereocenters.